The first-order chi connectivity index (χ1) is 11.1. The number of aliphatic hydroxyl groups is 1. The monoisotopic (exact) mass is 318 g/mol. The van der Waals surface area contributed by atoms with Crippen LogP contribution >= 0.6 is 0 Å². The summed E-state index contributed by atoms with van der Waals surface area (Å²) in [6.07, 6.45) is 2.62. The van der Waals surface area contributed by atoms with E-state index in [9.17, 15) is 14.7 Å². The van der Waals surface area contributed by atoms with Gasteiger partial charge in [-0.15, -0.1) is 0 Å². The Bertz CT molecular complexity index is 518. The maximum atomic E-state index is 12.4. The lowest BCUT2D eigenvalue weighted by atomic mass is 9.99. The largest absolute Gasteiger partial charge is 0.396 e. The third-order valence-electron chi connectivity index (χ3n) is 4.41. The van der Waals surface area contributed by atoms with Gasteiger partial charge in [-0.1, -0.05) is 30.3 Å². The van der Waals surface area contributed by atoms with E-state index >= 15 is 0 Å². The Labute approximate surface area is 137 Å². The van der Waals surface area contributed by atoms with Crippen LogP contribution in [0.2, 0.25) is 0 Å². The Morgan fingerprint density at radius 2 is 2.04 bits per heavy atom. The zero-order chi connectivity index (χ0) is 16.7. The molecule has 1 N–H and O–H groups in total. The molecular formula is C18H26N2O3. The number of carbonyl (C=O) groups is 2. The normalized spacial score (nSPS) is 17.8. The molecule has 1 aliphatic heterocycles. The van der Waals surface area contributed by atoms with E-state index in [2.05, 4.69) is 0 Å². The molecule has 1 heterocycles. The Morgan fingerprint density at radius 3 is 2.70 bits per heavy atom. The van der Waals surface area contributed by atoms with Gasteiger partial charge in [-0.3, -0.25) is 9.59 Å². The average Bonchev–Trinajstić information content (AvgIpc) is 2.59. The van der Waals surface area contributed by atoms with Crippen LogP contribution in [0.15, 0.2) is 30.3 Å². The van der Waals surface area contributed by atoms with Crippen LogP contribution in [0.1, 0.15) is 25.3 Å². The second kappa shape index (κ2) is 8.67. The van der Waals surface area contributed by atoms with Gasteiger partial charge >= 0.3 is 0 Å². The maximum Gasteiger partial charge on any atom is 0.242 e. The van der Waals surface area contributed by atoms with Gasteiger partial charge in [0, 0.05) is 33.2 Å². The molecule has 23 heavy (non-hydrogen) atoms. The number of nitrogens with zero attached hydrogens (tertiary/aromatic N) is 2. The molecule has 0 aliphatic carbocycles. The van der Waals surface area contributed by atoms with Gasteiger partial charge in [0.1, 0.15) is 0 Å². The molecule has 0 saturated carbocycles. The summed E-state index contributed by atoms with van der Waals surface area (Å²) in [7, 11) is 0. The minimum absolute atomic E-state index is 0.0218. The van der Waals surface area contributed by atoms with E-state index < -0.39 is 0 Å². The van der Waals surface area contributed by atoms with Crippen LogP contribution in [0.4, 0.5) is 0 Å². The van der Waals surface area contributed by atoms with Crippen molar-refractivity contribution in [1.82, 2.24) is 9.80 Å². The van der Waals surface area contributed by atoms with Gasteiger partial charge < -0.3 is 14.9 Å². The van der Waals surface area contributed by atoms with Crippen molar-refractivity contribution >= 4 is 11.8 Å². The smallest absolute Gasteiger partial charge is 0.242 e. The predicted molar refractivity (Wildman–Crippen MR) is 88.8 cm³/mol. The number of piperidine rings is 1. The first kappa shape index (κ1) is 17.5. The lowest BCUT2D eigenvalue weighted by molar-refractivity contribution is -0.140. The van der Waals surface area contributed by atoms with Gasteiger partial charge in [0.05, 0.1) is 6.54 Å². The first-order valence-electron chi connectivity index (χ1n) is 8.28. The number of aliphatic hydroxyl groups excluding tert-OH is 1. The molecule has 2 rings (SSSR count). The van der Waals surface area contributed by atoms with Crippen LogP contribution in [0.5, 0.6) is 0 Å². The molecule has 0 bridgehead atoms. The van der Waals surface area contributed by atoms with E-state index in [0.29, 0.717) is 13.1 Å². The number of amides is 2. The van der Waals surface area contributed by atoms with E-state index in [1.54, 1.807) is 9.80 Å². The highest BCUT2D eigenvalue weighted by atomic mass is 16.3. The molecular weight excluding hydrogens is 292 g/mol. The van der Waals surface area contributed by atoms with Crippen LogP contribution in [-0.2, 0) is 16.0 Å². The van der Waals surface area contributed by atoms with Gasteiger partial charge in [-0.25, -0.2) is 0 Å². The molecule has 1 fully saturated rings. The summed E-state index contributed by atoms with van der Waals surface area (Å²) in [6, 6.07) is 9.96. The molecule has 1 aromatic rings. The lowest BCUT2D eigenvalue weighted by Crippen LogP contribution is -2.47. The number of benzene rings is 1. The van der Waals surface area contributed by atoms with Crippen molar-refractivity contribution in [2.75, 3.05) is 32.8 Å². The number of hydrogen-bond donors (Lipinski definition) is 1. The van der Waals surface area contributed by atoms with Crippen LogP contribution in [0.25, 0.3) is 0 Å². The highest BCUT2D eigenvalue weighted by Gasteiger charge is 2.25. The summed E-state index contributed by atoms with van der Waals surface area (Å²) in [5.74, 6) is 0.0687. The van der Waals surface area contributed by atoms with Gasteiger partial charge in [0.25, 0.3) is 0 Å². The first-order valence-corrected chi connectivity index (χ1v) is 8.28. The van der Waals surface area contributed by atoms with Crippen molar-refractivity contribution in [3.8, 4) is 0 Å². The van der Waals surface area contributed by atoms with Crippen molar-refractivity contribution in [2.45, 2.75) is 26.2 Å². The summed E-state index contributed by atoms with van der Waals surface area (Å²) in [5, 5.41) is 9.27. The fourth-order valence-electron chi connectivity index (χ4n) is 2.96. The zero-order valence-electron chi connectivity index (χ0n) is 13.8. The summed E-state index contributed by atoms with van der Waals surface area (Å²) >= 11 is 0. The van der Waals surface area contributed by atoms with Crippen LogP contribution < -0.4 is 0 Å². The molecule has 0 spiro atoms. The predicted octanol–water partition coefficient (Wildman–Crippen LogP) is 1.31. The third-order valence-corrected chi connectivity index (χ3v) is 4.41. The van der Waals surface area contributed by atoms with Gasteiger partial charge in [-0.05, 0) is 30.7 Å². The van der Waals surface area contributed by atoms with Crippen molar-refractivity contribution in [3.05, 3.63) is 35.9 Å². The zero-order valence-corrected chi connectivity index (χ0v) is 13.8. The fourth-order valence-corrected chi connectivity index (χ4v) is 2.96. The minimum Gasteiger partial charge on any atom is -0.396 e. The molecule has 1 saturated heterocycles. The highest BCUT2D eigenvalue weighted by molar-refractivity contribution is 5.83. The third kappa shape index (κ3) is 5.36. The molecule has 5 nitrogen and oxygen atoms in total. The molecule has 0 radical (unpaired) electrons. The number of rotatable bonds is 6. The molecule has 0 aromatic heterocycles. The summed E-state index contributed by atoms with van der Waals surface area (Å²) in [4.78, 5) is 27.6. The van der Waals surface area contributed by atoms with E-state index in [1.165, 1.54) is 6.92 Å². The van der Waals surface area contributed by atoms with E-state index in [-0.39, 0.29) is 30.9 Å². The molecule has 5 heteroatoms. The second-order valence-corrected chi connectivity index (χ2v) is 6.21. The minimum atomic E-state index is -0.0787. The van der Waals surface area contributed by atoms with E-state index in [0.717, 1.165) is 31.4 Å². The summed E-state index contributed by atoms with van der Waals surface area (Å²) in [5.41, 5.74) is 1.16. The quantitative estimate of drug-likeness (QED) is 0.860. The van der Waals surface area contributed by atoms with Crippen LogP contribution in [0, 0.1) is 5.92 Å². The second-order valence-electron chi connectivity index (χ2n) is 6.21. The van der Waals surface area contributed by atoms with Gasteiger partial charge in [0.2, 0.25) is 11.8 Å². The Kier molecular flexibility index (Phi) is 6.59. The van der Waals surface area contributed by atoms with E-state index in [4.69, 9.17) is 0 Å². The lowest BCUT2D eigenvalue weighted by Gasteiger charge is -2.33. The standard InChI is InChI=1S/C18H26N2O3/c1-15(22)19(11-9-16-6-3-2-4-7-16)13-18(23)20-10-5-8-17(12-20)14-21/h2-4,6-7,17,21H,5,8-14H2,1H3. The Morgan fingerprint density at radius 1 is 1.30 bits per heavy atom. The number of likely N-dealkylation sites (tertiary alicyclic amines) is 1. The molecule has 1 aromatic carbocycles. The van der Waals surface area contributed by atoms with Gasteiger partial charge in [0.15, 0.2) is 0 Å². The summed E-state index contributed by atoms with van der Waals surface area (Å²) < 4.78 is 0. The number of carbonyl (C=O) groups excluding carboxylic acids is 2. The maximum absolute atomic E-state index is 12.4. The van der Waals surface area contributed by atoms with Crippen LogP contribution in [0.3, 0.4) is 0 Å². The molecule has 1 unspecified atom stereocenters. The average molecular weight is 318 g/mol. The van der Waals surface area contributed by atoms with Crippen molar-refractivity contribution < 1.29 is 14.7 Å². The summed E-state index contributed by atoms with van der Waals surface area (Å²) in [6.45, 7) is 3.61. The number of hydrogen-bond acceptors (Lipinski definition) is 3. The van der Waals surface area contributed by atoms with Crippen molar-refractivity contribution in [1.29, 1.82) is 0 Å². The Balaban J connectivity index is 1.88. The molecule has 1 atom stereocenters. The molecule has 126 valence electrons. The van der Waals surface area contributed by atoms with E-state index in [1.807, 2.05) is 30.3 Å². The van der Waals surface area contributed by atoms with Crippen molar-refractivity contribution in [3.63, 3.8) is 0 Å². The van der Waals surface area contributed by atoms with Crippen LogP contribution in [-0.4, -0.2) is 59.5 Å². The topological polar surface area (TPSA) is 60.9 Å². The van der Waals surface area contributed by atoms with Crippen molar-refractivity contribution in [2.24, 2.45) is 5.92 Å². The molecule has 1 aliphatic rings. The SMILES string of the molecule is CC(=O)N(CCc1ccccc1)CC(=O)N1CCCC(CO)C1. The Hall–Kier alpha value is -1.88. The fraction of sp³-hybridized carbons (Fsp3) is 0.556. The molecule has 2 amide bonds. The van der Waals surface area contributed by atoms with Gasteiger partial charge in [-0.2, -0.15) is 0 Å². The highest BCUT2D eigenvalue weighted by Crippen LogP contribution is 2.16.